The van der Waals surface area contributed by atoms with E-state index in [1.54, 1.807) is 18.2 Å². The number of aromatic nitrogens is 1. The van der Waals surface area contributed by atoms with Gasteiger partial charge in [-0.05, 0) is 24.3 Å². The van der Waals surface area contributed by atoms with E-state index >= 15 is 0 Å². The molecule has 0 saturated carbocycles. The van der Waals surface area contributed by atoms with Gasteiger partial charge in [-0.3, -0.25) is 0 Å². The Hall–Kier alpha value is -2.64. The monoisotopic (exact) mass is 326 g/mol. The molecule has 0 unspecified atom stereocenters. The third-order valence-corrected chi connectivity index (χ3v) is 3.11. The number of ether oxygens (including phenoxy) is 3. The highest BCUT2D eigenvalue weighted by Crippen LogP contribution is 2.35. The van der Waals surface area contributed by atoms with Crippen LogP contribution in [-0.2, 0) is 6.18 Å². The zero-order chi connectivity index (χ0) is 16.3. The fraction of sp³-hybridized carbons (Fsp3) is 0.267. The van der Waals surface area contributed by atoms with Gasteiger partial charge in [0.15, 0.2) is 11.5 Å². The largest absolute Gasteiger partial charge is 0.492 e. The van der Waals surface area contributed by atoms with Gasteiger partial charge in [0.25, 0.3) is 0 Å². The molecule has 1 N–H and O–H groups in total. The fourth-order valence-corrected chi connectivity index (χ4v) is 2.02. The van der Waals surface area contributed by atoms with E-state index in [2.05, 4.69) is 10.3 Å². The van der Waals surface area contributed by atoms with Gasteiger partial charge in [-0.15, -0.1) is 0 Å². The van der Waals surface area contributed by atoms with Crippen molar-refractivity contribution in [1.82, 2.24) is 4.98 Å². The van der Waals surface area contributed by atoms with Crippen molar-refractivity contribution in [2.45, 2.75) is 6.18 Å². The van der Waals surface area contributed by atoms with Crippen molar-refractivity contribution in [1.29, 1.82) is 0 Å². The minimum Gasteiger partial charge on any atom is -0.492 e. The number of nitrogens with one attached hydrogen (secondary N) is 1. The number of fused-ring (bicyclic) bond motifs is 1. The van der Waals surface area contributed by atoms with Crippen molar-refractivity contribution in [2.75, 3.05) is 25.3 Å². The molecule has 0 aliphatic carbocycles. The first kappa shape index (κ1) is 15.3. The van der Waals surface area contributed by atoms with Crippen molar-refractivity contribution < 1.29 is 27.4 Å². The Morgan fingerprint density at radius 3 is 2.78 bits per heavy atom. The zero-order valence-corrected chi connectivity index (χ0v) is 11.9. The van der Waals surface area contributed by atoms with E-state index < -0.39 is 11.7 Å². The van der Waals surface area contributed by atoms with E-state index in [1.165, 1.54) is 0 Å². The molecule has 0 amide bonds. The van der Waals surface area contributed by atoms with Crippen molar-refractivity contribution in [3.05, 3.63) is 42.1 Å². The third-order valence-electron chi connectivity index (χ3n) is 3.11. The van der Waals surface area contributed by atoms with Gasteiger partial charge < -0.3 is 19.5 Å². The Kier molecular flexibility index (Phi) is 4.14. The van der Waals surface area contributed by atoms with Crippen molar-refractivity contribution in [2.24, 2.45) is 0 Å². The Balaban J connectivity index is 1.50. The molecule has 0 spiro atoms. The molecule has 8 heteroatoms. The summed E-state index contributed by atoms with van der Waals surface area (Å²) in [6.07, 6.45) is -3.27. The first-order valence-electron chi connectivity index (χ1n) is 6.82. The molecular weight excluding hydrogens is 313 g/mol. The summed E-state index contributed by atoms with van der Waals surface area (Å²) < 4.78 is 53.7. The molecule has 0 fully saturated rings. The number of nitrogens with zero attached hydrogens (tertiary/aromatic N) is 1. The molecule has 0 saturated heterocycles. The van der Waals surface area contributed by atoms with Crippen LogP contribution < -0.4 is 19.5 Å². The van der Waals surface area contributed by atoms with Crippen LogP contribution in [0.4, 0.5) is 19.0 Å². The number of halogens is 3. The number of hydrogen-bond acceptors (Lipinski definition) is 5. The molecule has 1 aromatic heterocycles. The van der Waals surface area contributed by atoms with E-state index in [-0.39, 0.29) is 19.2 Å². The lowest BCUT2D eigenvalue weighted by atomic mass is 10.2. The molecule has 122 valence electrons. The molecule has 0 atom stereocenters. The quantitative estimate of drug-likeness (QED) is 0.854. The molecule has 2 heterocycles. The number of anilines is 1. The molecule has 5 nitrogen and oxygen atoms in total. The summed E-state index contributed by atoms with van der Waals surface area (Å²) in [4.78, 5) is 3.84. The minimum atomic E-state index is -4.39. The maximum absolute atomic E-state index is 12.6. The summed E-state index contributed by atoms with van der Waals surface area (Å²) in [6, 6.07) is 7.05. The lowest BCUT2D eigenvalue weighted by molar-refractivity contribution is -0.137. The van der Waals surface area contributed by atoms with Gasteiger partial charge in [0.2, 0.25) is 6.79 Å². The summed E-state index contributed by atoms with van der Waals surface area (Å²) in [5, 5.41) is 2.79. The van der Waals surface area contributed by atoms with Crippen LogP contribution in [0.15, 0.2) is 36.5 Å². The molecule has 1 aliphatic heterocycles. The molecule has 3 rings (SSSR count). The molecule has 1 aromatic carbocycles. The van der Waals surface area contributed by atoms with Crippen molar-refractivity contribution in [3.63, 3.8) is 0 Å². The lowest BCUT2D eigenvalue weighted by Crippen LogP contribution is -2.13. The first-order valence-corrected chi connectivity index (χ1v) is 6.82. The Morgan fingerprint density at radius 2 is 1.96 bits per heavy atom. The van der Waals surface area contributed by atoms with Crippen LogP contribution in [0.25, 0.3) is 0 Å². The summed E-state index contributed by atoms with van der Waals surface area (Å²) in [5.41, 5.74) is -0.744. The van der Waals surface area contributed by atoms with Gasteiger partial charge in [-0.2, -0.15) is 13.2 Å². The maximum atomic E-state index is 12.6. The van der Waals surface area contributed by atoms with E-state index in [0.717, 1.165) is 18.3 Å². The number of alkyl halides is 3. The number of rotatable bonds is 5. The SMILES string of the molecule is FC(F)(F)c1ccnc(NCCOc2ccc3c(c2)OCO3)c1. The standard InChI is InChI=1S/C15H13F3N2O3/c16-15(17,18)10-3-4-19-14(7-10)20-5-6-21-11-1-2-12-13(8-11)23-9-22-12/h1-4,7-8H,5-6,9H2,(H,19,20). The molecule has 0 radical (unpaired) electrons. The predicted octanol–water partition coefficient (Wildman–Crippen LogP) is 3.32. The predicted molar refractivity (Wildman–Crippen MR) is 75.8 cm³/mol. The fourth-order valence-electron chi connectivity index (χ4n) is 2.02. The van der Waals surface area contributed by atoms with Gasteiger partial charge in [0.05, 0.1) is 12.1 Å². The summed E-state index contributed by atoms with van der Waals surface area (Å²) in [6.45, 7) is 0.752. The van der Waals surface area contributed by atoms with Crippen LogP contribution in [0.2, 0.25) is 0 Å². The number of benzene rings is 1. The Morgan fingerprint density at radius 1 is 1.13 bits per heavy atom. The second-order valence-electron chi connectivity index (χ2n) is 4.72. The van der Waals surface area contributed by atoms with Gasteiger partial charge in [0, 0.05) is 12.3 Å². The van der Waals surface area contributed by atoms with Crippen LogP contribution >= 0.6 is 0 Å². The van der Waals surface area contributed by atoms with E-state index in [1.807, 2.05) is 0 Å². The minimum absolute atomic E-state index is 0.147. The highest BCUT2D eigenvalue weighted by Gasteiger charge is 2.30. The van der Waals surface area contributed by atoms with E-state index in [0.29, 0.717) is 23.8 Å². The normalized spacial score (nSPS) is 13.0. The Bertz CT molecular complexity index is 692. The van der Waals surface area contributed by atoms with Crippen LogP contribution in [0, 0.1) is 0 Å². The van der Waals surface area contributed by atoms with Crippen molar-refractivity contribution in [3.8, 4) is 17.2 Å². The Labute approximate surface area is 130 Å². The molecule has 2 aromatic rings. The lowest BCUT2D eigenvalue weighted by Gasteiger charge is -2.10. The van der Waals surface area contributed by atoms with Crippen LogP contribution in [-0.4, -0.2) is 24.9 Å². The van der Waals surface area contributed by atoms with Gasteiger partial charge >= 0.3 is 6.18 Å². The summed E-state index contributed by atoms with van der Waals surface area (Å²) in [5.74, 6) is 2.00. The zero-order valence-electron chi connectivity index (χ0n) is 11.9. The van der Waals surface area contributed by atoms with E-state index in [9.17, 15) is 13.2 Å². The van der Waals surface area contributed by atoms with Crippen molar-refractivity contribution >= 4 is 5.82 Å². The van der Waals surface area contributed by atoms with Crippen LogP contribution in [0.3, 0.4) is 0 Å². The number of pyridine rings is 1. The maximum Gasteiger partial charge on any atom is 0.416 e. The highest BCUT2D eigenvalue weighted by atomic mass is 19.4. The topological polar surface area (TPSA) is 52.6 Å². The third kappa shape index (κ3) is 3.77. The van der Waals surface area contributed by atoms with Gasteiger partial charge in [-0.1, -0.05) is 0 Å². The average Bonchev–Trinajstić information content (AvgIpc) is 2.99. The van der Waals surface area contributed by atoms with Gasteiger partial charge in [-0.25, -0.2) is 4.98 Å². The van der Waals surface area contributed by atoms with Gasteiger partial charge in [0.1, 0.15) is 18.2 Å². The van der Waals surface area contributed by atoms with Crippen LogP contribution in [0.1, 0.15) is 5.56 Å². The molecule has 23 heavy (non-hydrogen) atoms. The summed E-state index contributed by atoms with van der Waals surface area (Å²) in [7, 11) is 0. The molecule has 0 bridgehead atoms. The average molecular weight is 326 g/mol. The molecular formula is C15H13F3N2O3. The second kappa shape index (κ2) is 6.23. The molecule has 1 aliphatic rings. The highest BCUT2D eigenvalue weighted by molar-refractivity contribution is 5.47. The smallest absolute Gasteiger partial charge is 0.416 e. The van der Waals surface area contributed by atoms with E-state index in [4.69, 9.17) is 14.2 Å². The van der Waals surface area contributed by atoms with Crippen LogP contribution in [0.5, 0.6) is 17.2 Å². The first-order chi connectivity index (χ1) is 11.0. The summed E-state index contributed by atoms with van der Waals surface area (Å²) >= 11 is 0. The number of hydrogen-bond donors (Lipinski definition) is 1. The second-order valence-corrected chi connectivity index (χ2v) is 4.72.